The van der Waals surface area contributed by atoms with Crippen molar-refractivity contribution in [3.05, 3.63) is 30.3 Å². The third-order valence-electron chi connectivity index (χ3n) is 1.89. The first-order valence-electron chi connectivity index (χ1n) is 5.29. The van der Waals surface area contributed by atoms with E-state index in [4.69, 9.17) is 5.11 Å². The van der Waals surface area contributed by atoms with Crippen molar-refractivity contribution in [3.8, 4) is 0 Å². The fraction of sp³-hybridized carbons (Fsp3) is 0.182. The van der Waals surface area contributed by atoms with Crippen molar-refractivity contribution in [2.75, 3.05) is 13.1 Å². The molecule has 19 heavy (non-hydrogen) atoms. The molecule has 0 atom stereocenters. The van der Waals surface area contributed by atoms with Crippen LogP contribution >= 0.6 is 11.9 Å². The van der Waals surface area contributed by atoms with Crippen molar-refractivity contribution in [1.29, 1.82) is 0 Å². The van der Waals surface area contributed by atoms with Gasteiger partial charge in [0.15, 0.2) is 0 Å². The lowest BCUT2D eigenvalue weighted by molar-refractivity contribution is -0.135. The molecule has 0 unspecified atom stereocenters. The number of carboxylic acid groups (broad SMARTS) is 1. The lowest BCUT2D eigenvalue weighted by atomic mass is 10.4. The minimum Gasteiger partial charge on any atom is -0.480 e. The third-order valence-corrected chi connectivity index (χ3v) is 2.89. The molecule has 0 spiro atoms. The molecule has 0 aromatic heterocycles. The topological polar surface area (TPSA) is 113 Å². The molecule has 0 radical (unpaired) electrons. The summed E-state index contributed by atoms with van der Waals surface area (Å²) in [6.07, 6.45) is 0. The fourth-order valence-electron chi connectivity index (χ4n) is 1.11. The highest BCUT2D eigenvalue weighted by Gasteiger charge is 2.27. The maximum atomic E-state index is 11.2. The number of benzene rings is 1. The Labute approximate surface area is 113 Å². The van der Waals surface area contributed by atoms with Gasteiger partial charge in [0.1, 0.15) is 6.54 Å². The van der Waals surface area contributed by atoms with E-state index in [1.807, 2.05) is 30.3 Å². The standard InChI is InChI=1S/C9H8N2O2S.C2H5NO2/c12-8-6-11(9(13)10-8)14-7-4-2-1-3-5-7;3-1-2(4)5/h1-5H,6H2,(H,10,12,13);1,3H2,(H,4,5). The number of nitrogens with one attached hydrogen (secondary N) is 1. The van der Waals surface area contributed by atoms with Crippen LogP contribution in [-0.2, 0) is 9.59 Å². The van der Waals surface area contributed by atoms with Crippen LogP contribution in [0.25, 0.3) is 0 Å². The van der Waals surface area contributed by atoms with Crippen molar-refractivity contribution in [2.24, 2.45) is 5.73 Å². The largest absolute Gasteiger partial charge is 0.480 e. The van der Waals surface area contributed by atoms with E-state index in [1.54, 1.807) is 0 Å². The van der Waals surface area contributed by atoms with Gasteiger partial charge in [-0.1, -0.05) is 18.2 Å². The van der Waals surface area contributed by atoms with E-state index in [9.17, 15) is 14.4 Å². The van der Waals surface area contributed by atoms with Crippen LogP contribution in [0.2, 0.25) is 0 Å². The number of carboxylic acids is 1. The molecule has 1 fully saturated rings. The molecule has 2 rings (SSSR count). The molecule has 7 nitrogen and oxygen atoms in total. The Morgan fingerprint density at radius 1 is 1.37 bits per heavy atom. The number of carbonyl (C=O) groups is 3. The zero-order chi connectivity index (χ0) is 14.3. The summed E-state index contributed by atoms with van der Waals surface area (Å²) < 4.78 is 1.40. The fourth-order valence-corrected chi connectivity index (χ4v) is 1.95. The SMILES string of the molecule is NCC(=O)O.O=C1CN(Sc2ccccc2)C(=O)N1. The Balaban J connectivity index is 0.000000312. The summed E-state index contributed by atoms with van der Waals surface area (Å²) in [5.74, 6) is -1.22. The Morgan fingerprint density at radius 2 is 1.95 bits per heavy atom. The van der Waals surface area contributed by atoms with Crippen LogP contribution in [0.4, 0.5) is 4.79 Å². The molecule has 0 bridgehead atoms. The number of urea groups is 1. The molecule has 1 aromatic carbocycles. The van der Waals surface area contributed by atoms with Crippen LogP contribution in [0.1, 0.15) is 0 Å². The van der Waals surface area contributed by atoms with Crippen molar-refractivity contribution in [2.45, 2.75) is 4.90 Å². The van der Waals surface area contributed by atoms with E-state index in [1.165, 1.54) is 16.3 Å². The normalized spacial score (nSPS) is 13.6. The van der Waals surface area contributed by atoms with E-state index in [-0.39, 0.29) is 25.0 Å². The highest BCUT2D eigenvalue weighted by atomic mass is 32.2. The molecule has 0 saturated carbocycles. The van der Waals surface area contributed by atoms with Crippen molar-refractivity contribution < 1.29 is 19.5 Å². The van der Waals surface area contributed by atoms with Gasteiger partial charge < -0.3 is 10.8 Å². The lowest BCUT2D eigenvalue weighted by Crippen LogP contribution is -2.22. The van der Waals surface area contributed by atoms with Crippen molar-refractivity contribution in [1.82, 2.24) is 9.62 Å². The van der Waals surface area contributed by atoms with E-state index < -0.39 is 5.97 Å². The predicted octanol–water partition coefficient (Wildman–Crippen LogP) is 0.275. The van der Waals surface area contributed by atoms with E-state index in [0.29, 0.717) is 0 Å². The average Bonchev–Trinajstić information content (AvgIpc) is 2.70. The van der Waals surface area contributed by atoms with Crippen molar-refractivity contribution in [3.63, 3.8) is 0 Å². The lowest BCUT2D eigenvalue weighted by Gasteiger charge is -2.10. The second-order valence-corrected chi connectivity index (χ2v) is 4.49. The maximum absolute atomic E-state index is 11.2. The van der Waals surface area contributed by atoms with Gasteiger partial charge in [-0.25, -0.2) is 4.79 Å². The Bertz CT molecular complexity index is 466. The molecule has 1 aromatic rings. The molecule has 4 N–H and O–H groups in total. The zero-order valence-electron chi connectivity index (χ0n) is 9.91. The first kappa shape index (κ1) is 15.0. The van der Waals surface area contributed by atoms with Gasteiger partial charge in [0.05, 0.1) is 6.54 Å². The Kier molecular flexibility index (Phi) is 5.83. The molecule has 1 heterocycles. The molecular weight excluding hydrogens is 270 g/mol. The van der Waals surface area contributed by atoms with Gasteiger partial charge >= 0.3 is 12.0 Å². The Hall–Kier alpha value is -2.06. The average molecular weight is 283 g/mol. The Morgan fingerprint density at radius 3 is 2.37 bits per heavy atom. The number of rotatable bonds is 3. The second-order valence-electron chi connectivity index (χ2n) is 3.39. The monoisotopic (exact) mass is 283 g/mol. The van der Waals surface area contributed by atoms with Gasteiger partial charge in [-0.3, -0.25) is 19.2 Å². The van der Waals surface area contributed by atoms with Gasteiger partial charge in [-0.15, -0.1) is 0 Å². The number of nitrogens with two attached hydrogens (primary N) is 1. The van der Waals surface area contributed by atoms with E-state index in [2.05, 4.69) is 11.1 Å². The van der Waals surface area contributed by atoms with Crippen LogP contribution in [0.3, 0.4) is 0 Å². The highest BCUT2D eigenvalue weighted by Crippen LogP contribution is 2.23. The molecule has 0 aliphatic carbocycles. The van der Waals surface area contributed by atoms with Gasteiger partial charge in [-0.05, 0) is 24.1 Å². The number of amides is 3. The number of nitrogens with zero attached hydrogens (tertiary/aromatic N) is 1. The van der Waals surface area contributed by atoms with Gasteiger partial charge in [0.2, 0.25) is 5.91 Å². The zero-order valence-corrected chi connectivity index (χ0v) is 10.7. The second kappa shape index (κ2) is 7.39. The summed E-state index contributed by atoms with van der Waals surface area (Å²) >= 11 is 1.26. The summed E-state index contributed by atoms with van der Waals surface area (Å²) in [4.78, 5) is 32.2. The number of imide groups is 1. The van der Waals surface area contributed by atoms with Crippen LogP contribution in [0, 0.1) is 0 Å². The summed E-state index contributed by atoms with van der Waals surface area (Å²) in [7, 11) is 0. The molecule has 1 aliphatic rings. The van der Waals surface area contributed by atoms with E-state index in [0.717, 1.165) is 4.90 Å². The van der Waals surface area contributed by atoms with Crippen LogP contribution in [0.15, 0.2) is 35.2 Å². The number of hydrogen-bond donors (Lipinski definition) is 3. The summed E-state index contributed by atoms with van der Waals surface area (Å²) in [6.45, 7) is -0.154. The molecule has 102 valence electrons. The quantitative estimate of drug-likeness (QED) is 0.542. The third kappa shape index (κ3) is 5.40. The number of hydrogen-bond acceptors (Lipinski definition) is 5. The molecule has 1 aliphatic heterocycles. The van der Waals surface area contributed by atoms with Gasteiger partial charge in [0.25, 0.3) is 0 Å². The van der Waals surface area contributed by atoms with Crippen LogP contribution in [-0.4, -0.2) is 40.4 Å². The number of aliphatic carboxylic acids is 1. The van der Waals surface area contributed by atoms with Crippen LogP contribution in [0.5, 0.6) is 0 Å². The molecule has 8 heteroatoms. The van der Waals surface area contributed by atoms with Gasteiger partial charge in [0, 0.05) is 4.90 Å². The molecule has 1 saturated heterocycles. The van der Waals surface area contributed by atoms with Gasteiger partial charge in [-0.2, -0.15) is 0 Å². The predicted molar refractivity (Wildman–Crippen MR) is 69.2 cm³/mol. The van der Waals surface area contributed by atoms with Crippen molar-refractivity contribution >= 4 is 29.9 Å². The minimum absolute atomic E-state index is 0.123. The first-order valence-corrected chi connectivity index (χ1v) is 6.06. The minimum atomic E-state index is -0.968. The number of carbonyl (C=O) groups excluding carboxylic acids is 2. The summed E-state index contributed by atoms with van der Waals surface area (Å²) in [5, 5.41) is 9.81. The van der Waals surface area contributed by atoms with Crippen LogP contribution < -0.4 is 11.1 Å². The maximum Gasteiger partial charge on any atom is 0.334 e. The molecule has 3 amide bonds. The smallest absolute Gasteiger partial charge is 0.334 e. The highest BCUT2D eigenvalue weighted by molar-refractivity contribution is 7.97. The van der Waals surface area contributed by atoms with E-state index >= 15 is 0 Å². The summed E-state index contributed by atoms with van der Waals surface area (Å²) in [5.41, 5.74) is 4.57. The summed E-state index contributed by atoms with van der Waals surface area (Å²) in [6, 6.07) is 9.11. The first-order chi connectivity index (χ1) is 9.02. The molecular formula is C11H13N3O4S.